The number of piperazine rings is 1. The Morgan fingerprint density at radius 3 is 2.60 bits per heavy atom. The molecule has 142 valence electrons. The lowest BCUT2D eigenvalue weighted by atomic mass is 9.98. The third kappa shape index (κ3) is 4.83. The van der Waals surface area contributed by atoms with Crippen LogP contribution in [0.5, 0.6) is 17.2 Å². The van der Waals surface area contributed by atoms with Crippen LogP contribution < -0.4 is 19.5 Å². The van der Waals surface area contributed by atoms with Crippen molar-refractivity contribution in [1.82, 2.24) is 10.2 Å². The van der Waals surface area contributed by atoms with Crippen LogP contribution in [0.1, 0.15) is 24.4 Å². The van der Waals surface area contributed by atoms with Crippen LogP contribution in [0.2, 0.25) is 0 Å². The van der Waals surface area contributed by atoms with Crippen molar-refractivity contribution in [3.05, 3.63) is 17.7 Å². The molecule has 2 heterocycles. The van der Waals surface area contributed by atoms with Gasteiger partial charge in [0.1, 0.15) is 0 Å². The lowest BCUT2D eigenvalue weighted by molar-refractivity contribution is -0.138. The predicted octanol–water partition coefficient (Wildman–Crippen LogP) is 3.13. The highest BCUT2D eigenvalue weighted by Crippen LogP contribution is 2.44. The molecule has 0 aliphatic carbocycles. The van der Waals surface area contributed by atoms with Gasteiger partial charge in [0.05, 0.1) is 7.11 Å². The van der Waals surface area contributed by atoms with E-state index in [1.165, 1.54) is 7.11 Å². The number of methoxy groups -OCH3 is 1. The monoisotopic (exact) mass is 382 g/mol. The highest BCUT2D eigenvalue weighted by atomic mass is 35.5. The Morgan fingerprint density at radius 1 is 1.24 bits per heavy atom. The second-order valence-corrected chi connectivity index (χ2v) is 5.91. The zero-order valence-corrected chi connectivity index (χ0v) is 14.7. The van der Waals surface area contributed by atoms with Gasteiger partial charge in [0.2, 0.25) is 12.5 Å². The van der Waals surface area contributed by atoms with Gasteiger partial charge in [-0.05, 0) is 24.1 Å². The molecule has 0 spiro atoms. The van der Waals surface area contributed by atoms with E-state index < -0.39 is 12.6 Å². The highest BCUT2D eigenvalue weighted by Gasteiger charge is 2.32. The maximum absolute atomic E-state index is 12.8. The van der Waals surface area contributed by atoms with Crippen molar-refractivity contribution in [1.29, 1.82) is 0 Å². The molecule has 0 saturated carbocycles. The van der Waals surface area contributed by atoms with E-state index in [0.717, 1.165) is 18.7 Å². The zero-order chi connectivity index (χ0) is 17.2. The summed E-state index contributed by atoms with van der Waals surface area (Å²) in [4.78, 5) is 2.08. The summed E-state index contributed by atoms with van der Waals surface area (Å²) in [6.07, 6.45) is -4.99. The molecule has 1 aromatic carbocycles. The maximum Gasteiger partial charge on any atom is 0.389 e. The molecule has 1 atom stereocenters. The average Bonchev–Trinajstić information content (AvgIpc) is 3.03. The summed E-state index contributed by atoms with van der Waals surface area (Å²) in [6.45, 7) is 3.04. The summed E-state index contributed by atoms with van der Waals surface area (Å²) in [7, 11) is 1.51. The second-order valence-electron chi connectivity index (χ2n) is 5.91. The first-order valence-electron chi connectivity index (χ1n) is 7.97. The summed E-state index contributed by atoms with van der Waals surface area (Å²) < 4.78 is 54.4. The van der Waals surface area contributed by atoms with Gasteiger partial charge in [-0.15, -0.1) is 12.4 Å². The molecule has 0 bridgehead atoms. The van der Waals surface area contributed by atoms with Crippen molar-refractivity contribution in [2.24, 2.45) is 0 Å². The van der Waals surface area contributed by atoms with Crippen LogP contribution in [-0.4, -0.2) is 51.2 Å². The van der Waals surface area contributed by atoms with Crippen LogP contribution in [-0.2, 0) is 0 Å². The quantitative estimate of drug-likeness (QED) is 0.847. The first-order valence-corrected chi connectivity index (χ1v) is 7.97. The number of hydrogen-bond acceptors (Lipinski definition) is 5. The summed E-state index contributed by atoms with van der Waals surface area (Å²) in [5.41, 5.74) is 0.766. The minimum Gasteiger partial charge on any atom is -0.493 e. The van der Waals surface area contributed by atoms with Crippen molar-refractivity contribution >= 4 is 12.4 Å². The van der Waals surface area contributed by atoms with Crippen LogP contribution >= 0.6 is 12.4 Å². The number of rotatable bonds is 5. The van der Waals surface area contributed by atoms with E-state index in [4.69, 9.17) is 14.2 Å². The molecular weight excluding hydrogens is 361 g/mol. The molecule has 25 heavy (non-hydrogen) atoms. The van der Waals surface area contributed by atoms with Gasteiger partial charge in [0, 0.05) is 38.6 Å². The number of alkyl halides is 3. The Kier molecular flexibility index (Phi) is 6.65. The Labute approximate surface area is 150 Å². The third-order valence-electron chi connectivity index (χ3n) is 4.36. The Balaban J connectivity index is 0.00000225. The molecule has 1 aromatic rings. The summed E-state index contributed by atoms with van der Waals surface area (Å²) in [5.74, 6) is 1.53. The topological polar surface area (TPSA) is 43.0 Å². The van der Waals surface area contributed by atoms with Crippen LogP contribution in [0.3, 0.4) is 0 Å². The Morgan fingerprint density at radius 2 is 1.96 bits per heavy atom. The van der Waals surface area contributed by atoms with E-state index in [-0.39, 0.29) is 31.7 Å². The number of fused-ring (bicyclic) bond motifs is 1. The van der Waals surface area contributed by atoms with Gasteiger partial charge in [-0.2, -0.15) is 13.2 Å². The predicted molar refractivity (Wildman–Crippen MR) is 88.8 cm³/mol. The van der Waals surface area contributed by atoms with Crippen molar-refractivity contribution < 1.29 is 27.4 Å². The van der Waals surface area contributed by atoms with Gasteiger partial charge in [0.15, 0.2) is 11.5 Å². The second kappa shape index (κ2) is 8.33. The normalized spacial score (nSPS) is 18.6. The molecule has 0 amide bonds. The van der Waals surface area contributed by atoms with Gasteiger partial charge in [-0.1, -0.05) is 0 Å². The highest BCUT2D eigenvalue weighted by molar-refractivity contribution is 5.85. The Bertz CT molecular complexity index is 580. The lowest BCUT2D eigenvalue weighted by Gasteiger charge is -2.35. The zero-order valence-electron chi connectivity index (χ0n) is 13.9. The van der Waals surface area contributed by atoms with Crippen LogP contribution in [0, 0.1) is 0 Å². The van der Waals surface area contributed by atoms with E-state index >= 15 is 0 Å². The maximum atomic E-state index is 12.8. The van der Waals surface area contributed by atoms with Crippen molar-refractivity contribution in [3.63, 3.8) is 0 Å². The van der Waals surface area contributed by atoms with Crippen molar-refractivity contribution in [2.75, 3.05) is 40.1 Å². The van der Waals surface area contributed by atoms with Crippen LogP contribution in [0.25, 0.3) is 0 Å². The molecule has 2 aliphatic heterocycles. The molecular formula is C16H22ClF3N2O3. The molecule has 1 saturated heterocycles. The number of hydrogen-bond donors (Lipinski definition) is 1. The SMILES string of the molecule is COc1cc([C@H](CCC(F)(F)F)N2CCNCC2)cc2c1OCO2.Cl. The van der Waals surface area contributed by atoms with Gasteiger partial charge in [-0.3, -0.25) is 4.90 Å². The molecule has 9 heteroatoms. The summed E-state index contributed by atoms with van der Waals surface area (Å²) >= 11 is 0. The summed E-state index contributed by atoms with van der Waals surface area (Å²) in [5, 5.41) is 3.22. The van der Waals surface area contributed by atoms with E-state index in [1.54, 1.807) is 12.1 Å². The Hall–Kier alpha value is -1.38. The third-order valence-corrected chi connectivity index (χ3v) is 4.36. The van der Waals surface area contributed by atoms with Gasteiger partial charge < -0.3 is 19.5 Å². The fourth-order valence-electron chi connectivity index (χ4n) is 3.20. The van der Waals surface area contributed by atoms with Crippen molar-refractivity contribution in [3.8, 4) is 17.2 Å². The van der Waals surface area contributed by atoms with E-state index in [2.05, 4.69) is 10.2 Å². The molecule has 0 unspecified atom stereocenters. The lowest BCUT2D eigenvalue weighted by Crippen LogP contribution is -2.45. The fraction of sp³-hybridized carbons (Fsp3) is 0.625. The number of nitrogens with one attached hydrogen (secondary N) is 1. The van der Waals surface area contributed by atoms with Crippen molar-refractivity contribution in [2.45, 2.75) is 25.1 Å². The van der Waals surface area contributed by atoms with E-state index in [9.17, 15) is 13.2 Å². The van der Waals surface area contributed by atoms with Gasteiger partial charge >= 0.3 is 6.18 Å². The summed E-state index contributed by atoms with van der Waals surface area (Å²) in [6, 6.07) is 3.20. The first-order chi connectivity index (χ1) is 11.5. The molecule has 0 aromatic heterocycles. The molecule has 2 aliphatic rings. The molecule has 1 N–H and O–H groups in total. The molecule has 5 nitrogen and oxygen atoms in total. The smallest absolute Gasteiger partial charge is 0.389 e. The number of ether oxygens (including phenoxy) is 3. The van der Waals surface area contributed by atoms with Gasteiger partial charge in [0.25, 0.3) is 0 Å². The largest absolute Gasteiger partial charge is 0.493 e. The van der Waals surface area contributed by atoms with E-state index in [1.807, 2.05) is 0 Å². The fourth-order valence-corrected chi connectivity index (χ4v) is 3.20. The number of nitrogens with zero attached hydrogens (tertiary/aromatic N) is 1. The van der Waals surface area contributed by atoms with E-state index in [0.29, 0.717) is 30.3 Å². The minimum atomic E-state index is -4.17. The average molecular weight is 383 g/mol. The standard InChI is InChI=1S/C16H21F3N2O3.ClH/c1-22-13-8-11(9-14-15(13)24-10-23-14)12(2-3-16(17,18)19)21-6-4-20-5-7-21;/h8-9,12,20H,2-7,10H2,1H3;1H/t12-;/m0./s1. The van der Waals surface area contributed by atoms with Crippen LogP contribution in [0.15, 0.2) is 12.1 Å². The van der Waals surface area contributed by atoms with Gasteiger partial charge in [-0.25, -0.2) is 0 Å². The number of benzene rings is 1. The number of halogens is 4. The molecule has 3 rings (SSSR count). The molecule has 0 radical (unpaired) electrons. The minimum absolute atomic E-state index is 0. The molecule has 1 fully saturated rings. The van der Waals surface area contributed by atoms with Crippen LogP contribution in [0.4, 0.5) is 13.2 Å². The first kappa shape index (κ1) is 19.9.